The Balaban J connectivity index is 3.12. The second-order valence-corrected chi connectivity index (χ2v) is 4.51. The first-order chi connectivity index (χ1) is 10.6. The van der Waals surface area contributed by atoms with E-state index in [0.29, 0.717) is 0 Å². The number of methoxy groups -OCH3 is 2. The molecular formula is C18H18O4. The van der Waals surface area contributed by atoms with Crippen LogP contribution in [0.3, 0.4) is 0 Å². The fourth-order valence-corrected chi connectivity index (χ4v) is 1.88. The topological polar surface area (TPSA) is 52.6 Å². The first-order valence-electron chi connectivity index (χ1n) is 6.71. The molecule has 0 aliphatic heterocycles. The fraction of sp³-hybridized carbons (Fsp3) is 0.333. The molecule has 0 saturated heterocycles. The highest BCUT2D eigenvalue weighted by Crippen LogP contribution is 2.29. The number of benzene rings is 1. The van der Waals surface area contributed by atoms with Gasteiger partial charge in [-0.15, -0.1) is 11.8 Å². The standard InChI is InChI=1S/C18H18O4/c1-4-5-13-18(16(19)21-2,17(20)22-3)14-9-12-15-10-7-6-8-11-15/h6-8,10-11H,13-14H2,1-3H3. The highest BCUT2D eigenvalue weighted by Gasteiger charge is 2.47. The van der Waals surface area contributed by atoms with Crippen LogP contribution in [0.5, 0.6) is 0 Å². The van der Waals surface area contributed by atoms with Gasteiger partial charge in [0.15, 0.2) is 5.41 Å². The van der Waals surface area contributed by atoms with Gasteiger partial charge in [-0.2, -0.15) is 0 Å². The summed E-state index contributed by atoms with van der Waals surface area (Å²) in [6, 6.07) is 9.30. The summed E-state index contributed by atoms with van der Waals surface area (Å²) < 4.78 is 9.53. The van der Waals surface area contributed by atoms with E-state index < -0.39 is 17.4 Å². The van der Waals surface area contributed by atoms with Crippen molar-refractivity contribution >= 4 is 11.9 Å². The Morgan fingerprint density at radius 3 is 2.05 bits per heavy atom. The van der Waals surface area contributed by atoms with Crippen molar-refractivity contribution in [1.82, 2.24) is 0 Å². The summed E-state index contributed by atoms with van der Waals surface area (Å²) in [6.45, 7) is 1.63. The Bertz CT molecular complexity index is 622. The van der Waals surface area contributed by atoms with Crippen molar-refractivity contribution in [3.63, 3.8) is 0 Å². The molecule has 0 atom stereocenters. The average Bonchev–Trinajstić information content (AvgIpc) is 2.57. The molecule has 0 bridgehead atoms. The molecule has 1 aromatic rings. The Kier molecular flexibility index (Phi) is 6.73. The smallest absolute Gasteiger partial charge is 0.325 e. The molecule has 0 saturated carbocycles. The van der Waals surface area contributed by atoms with Crippen molar-refractivity contribution in [2.45, 2.75) is 19.8 Å². The lowest BCUT2D eigenvalue weighted by molar-refractivity contribution is -0.168. The maximum atomic E-state index is 12.1. The van der Waals surface area contributed by atoms with Crippen LogP contribution in [0.25, 0.3) is 0 Å². The molecule has 0 spiro atoms. The average molecular weight is 298 g/mol. The molecule has 0 radical (unpaired) electrons. The van der Waals surface area contributed by atoms with Crippen molar-refractivity contribution in [2.75, 3.05) is 14.2 Å². The molecule has 22 heavy (non-hydrogen) atoms. The van der Waals surface area contributed by atoms with Crippen LogP contribution in [0.15, 0.2) is 30.3 Å². The summed E-state index contributed by atoms with van der Waals surface area (Å²) in [7, 11) is 2.45. The lowest BCUT2D eigenvalue weighted by atomic mass is 9.81. The summed E-state index contributed by atoms with van der Waals surface area (Å²) in [4.78, 5) is 24.2. The van der Waals surface area contributed by atoms with Gasteiger partial charge in [0.2, 0.25) is 0 Å². The summed E-state index contributed by atoms with van der Waals surface area (Å²) in [6.07, 6.45) is -0.0117. The van der Waals surface area contributed by atoms with E-state index in [0.717, 1.165) is 5.56 Å². The van der Waals surface area contributed by atoms with Crippen LogP contribution in [0.4, 0.5) is 0 Å². The van der Waals surface area contributed by atoms with Gasteiger partial charge in [-0.3, -0.25) is 9.59 Å². The molecule has 1 rings (SSSR count). The normalized spacial score (nSPS) is 9.59. The molecule has 0 aliphatic rings. The molecule has 0 aromatic heterocycles. The SMILES string of the molecule is CC#CCC(CC#Cc1ccccc1)(C(=O)OC)C(=O)OC. The van der Waals surface area contributed by atoms with Crippen molar-refractivity contribution in [3.05, 3.63) is 35.9 Å². The number of carbonyl (C=O) groups excluding carboxylic acids is 2. The van der Waals surface area contributed by atoms with E-state index in [-0.39, 0.29) is 12.8 Å². The van der Waals surface area contributed by atoms with Crippen molar-refractivity contribution in [1.29, 1.82) is 0 Å². The highest BCUT2D eigenvalue weighted by atomic mass is 16.5. The van der Waals surface area contributed by atoms with Gasteiger partial charge in [-0.25, -0.2) is 0 Å². The zero-order chi connectivity index (χ0) is 16.4. The van der Waals surface area contributed by atoms with Crippen LogP contribution < -0.4 is 0 Å². The van der Waals surface area contributed by atoms with E-state index in [1.165, 1.54) is 14.2 Å². The van der Waals surface area contributed by atoms with Gasteiger partial charge in [0.1, 0.15) is 0 Å². The highest BCUT2D eigenvalue weighted by molar-refractivity contribution is 6.00. The van der Waals surface area contributed by atoms with Crippen LogP contribution >= 0.6 is 0 Å². The molecule has 1 aromatic carbocycles. The zero-order valence-electron chi connectivity index (χ0n) is 12.9. The number of carbonyl (C=O) groups is 2. The van der Waals surface area contributed by atoms with E-state index in [9.17, 15) is 9.59 Å². The molecule has 0 heterocycles. The molecule has 114 valence electrons. The quantitative estimate of drug-likeness (QED) is 0.486. The molecular weight excluding hydrogens is 280 g/mol. The summed E-state index contributed by atoms with van der Waals surface area (Å²) >= 11 is 0. The molecule has 4 nitrogen and oxygen atoms in total. The van der Waals surface area contributed by atoms with Crippen LogP contribution in [0, 0.1) is 29.1 Å². The summed E-state index contributed by atoms with van der Waals surface area (Å²) in [5.74, 6) is 9.83. The van der Waals surface area contributed by atoms with Gasteiger partial charge in [-0.05, 0) is 19.1 Å². The van der Waals surface area contributed by atoms with Gasteiger partial charge >= 0.3 is 11.9 Å². The lowest BCUT2D eigenvalue weighted by Crippen LogP contribution is -2.40. The molecule has 0 aliphatic carbocycles. The maximum absolute atomic E-state index is 12.1. The van der Waals surface area contributed by atoms with Crippen LogP contribution in [0.1, 0.15) is 25.3 Å². The molecule has 0 fully saturated rings. The van der Waals surface area contributed by atoms with Gasteiger partial charge in [0.25, 0.3) is 0 Å². The third-order valence-corrected chi connectivity index (χ3v) is 3.12. The number of esters is 2. The monoisotopic (exact) mass is 298 g/mol. The van der Waals surface area contributed by atoms with Gasteiger partial charge in [0.05, 0.1) is 14.2 Å². The minimum Gasteiger partial charge on any atom is -0.468 e. The van der Waals surface area contributed by atoms with E-state index in [4.69, 9.17) is 9.47 Å². The Morgan fingerprint density at radius 1 is 1.00 bits per heavy atom. The Hall–Kier alpha value is -2.72. The molecule has 0 amide bonds. The van der Waals surface area contributed by atoms with E-state index in [2.05, 4.69) is 23.7 Å². The second kappa shape index (κ2) is 8.54. The van der Waals surface area contributed by atoms with Gasteiger partial charge in [-0.1, -0.05) is 30.0 Å². The number of rotatable bonds is 4. The molecule has 0 N–H and O–H groups in total. The van der Waals surface area contributed by atoms with Crippen molar-refractivity contribution in [2.24, 2.45) is 5.41 Å². The molecule has 0 unspecified atom stereocenters. The van der Waals surface area contributed by atoms with E-state index in [1.54, 1.807) is 6.92 Å². The zero-order valence-corrected chi connectivity index (χ0v) is 12.9. The Morgan fingerprint density at radius 2 is 1.55 bits per heavy atom. The van der Waals surface area contributed by atoms with Crippen molar-refractivity contribution in [3.8, 4) is 23.7 Å². The fourth-order valence-electron chi connectivity index (χ4n) is 1.88. The number of hydrogen-bond acceptors (Lipinski definition) is 4. The number of hydrogen-bond donors (Lipinski definition) is 0. The minimum atomic E-state index is -1.52. The van der Waals surface area contributed by atoms with Gasteiger partial charge < -0.3 is 9.47 Å². The van der Waals surface area contributed by atoms with E-state index in [1.807, 2.05) is 30.3 Å². The summed E-state index contributed by atoms with van der Waals surface area (Å²) in [5.41, 5.74) is -0.721. The lowest BCUT2D eigenvalue weighted by Gasteiger charge is -2.23. The minimum absolute atomic E-state index is 0.00627. The third-order valence-electron chi connectivity index (χ3n) is 3.12. The third kappa shape index (κ3) is 4.14. The second-order valence-electron chi connectivity index (χ2n) is 4.51. The molecule has 4 heteroatoms. The first kappa shape index (κ1) is 17.3. The predicted molar refractivity (Wildman–Crippen MR) is 82.5 cm³/mol. The largest absolute Gasteiger partial charge is 0.468 e. The summed E-state index contributed by atoms with van der Waals surface area (Å²) in [5, 5.41) is 0. The predicted octanol–water partition coefficient (Wildman–Crippen LogP) is 2.17. The van der Waals surface area contributed by atoms with E-state index >= 15 is 0 Å². The van der Waals surface area contributed by atoms with Crippen LogP contribution in [-0.4, -0.2) is 26.2 Å². The van der Waals surface area contributed by atoms with Crippen LogP contribution in [0.2, 0.25) is 0 Å². The van der Waals surface area contributed by atoms with Gasteiger partial charge in [0, 0.05) is 18.4 Å². The van der Waals surface area contributed by atoms with Crippen molar-refractivity contribution < 1.29 is 19.1 Å². The Labute approximate surface area is 130 Å². The maximum Gasteiger partial charge on any atom is 0.325 e. The number of ether oxygens (including phenoxy) is 2. The first-order valence-corrected chi connectivity index (χ1v) is 6.71. The van der Waals surface area contributed by atoms with Crippen LogP contribution in [-0.2, 0) is 19.1 Å².